The molecular formula is C26H28N4O5. The monoisotopic (exact) mass is 476 g/mol. The quantitative estimate of drug-likeness (QED) is 0.540. The van der Waals surface area contributed by atoms with Gasteiger partial charge in [-0.1, -0.05) is 6.07 Å². The molecule has 2 aliphatic heterocycles. The highest BCUT2D eigenvalue weighted by Gasteiger charge is 2.16. The first kappa shape index (κ1) is 22.9. The van der Waals surface area contributed by atoms with Crippen molar-refractivity contribution in [3.63, 3.8) is 0 Å². The van der Waals surface area contributed by atoms with Crippen LogP contribution < -0.4 is 25.0 Å². The lowest BCUT2D eigenvalue weighted by atomic mass is 10.1. The summed E-state index contributed by atoms with van der Waals surface area (Å²) in [6, 6.07) is 13.3. The fraction of sp³-hybridized carbons (Fsp3) is 0.346. The largest absolute Gasteiger partial charge is 0.454 e. The third-order valence-electron chi connectivity index (χ3n) is 6.13. The Balaban J connectivity index is 1.13. The van der Waals surface area contributed by atoms with Crippen molar-refractivity contribution in [2.75, 3.05) is 43.3 Å². The van der Waals surface area contributed by atoms with Crippen molar-refractivity contribution >= 4 is 34.2 Å². The zero-order valence-electron chi connectivity index (χ0n) is 19.6. The lowest BCUT2D eigenvalue weighted by Gasteiger charge is -2.28. The molecule has 182 valence electrons. The number of nitrogens with one attached hydrogen (secondary N) is 2. The summed E-state index contributed by atoms with van der Waals surface area (Å²) in [6.45, 7) is 5.70. The Morgan fingerprint density at radius 3 is 2.63 bits per heavy atom. The molecule has 2 aromatic carbocycles. The van der Waals surface area contributed by atoms with Crippen molar-refractivity contribution in [3.8, 4) is 11.5 Å². The number of hydrogen-bond donors (Lipinski definition) is 2. The van der Waals surface area contributed by atoms with Crippen LogP contribution in [0.4, 0.5) is 11.5 Å². The summed E-state index contributed by atoms with van der Waals surface area (Å²) in [6.07, 6.45) is 0.200. The number of amides is 2. The highest BCUT2D eigenvalue weighted by molar-refractivity contribution is 5.96. The number of benzene rings is 2. The number of aryl methyl sites for hydroxylation is 1. The molecule has 5 rings (SSSR count). The van der Waals surface area contributed by atoms with Crippen LogP contribution in [0.2, 0.25) is 0 Å². The highest BCUT2D eigenvalue weighted by atomic mass is 16.7. The van der Waals surface area contributed by atoms with Gasteiger partial charge < -0.3 is 29.7 Å². The van der Waals surface area contributed by atoms with Gasteiger partial charge in [0.15, 0.2) is 11.5 Å². The smallest absolute Gasteiger partial charge is 0.231 e. The van der Waals surface area contributed by atoms with Crippen molar-refractivity contribution in [1.29, 1.82) is 0 Å². The maximum absolute atomic E-state index is 12.4. The van der Waals surface area contributed by atoms with Gasteiger partial charge in [-0.15, -0.1) is 0 Å². The van der Waals surface area contributed by atoms with Gasteiger partial charge in [-0.3, -0.25) is 9.59 Å². The normalized spacial score (nSPS) is 14.7. The fourth-order valence-corrected chi connectivity index (χ4v) is 4.20. The zero-order valence-corrected chi connectivity index (χ0v) is 19.6. The molecule has 1 aromatic heterocycles. The zero-order chi connectivity index (χ0) is 24.2. The molecule has 0 atom stereocenters. The van der Waals surface area contributed by atoms with E-state index < -0.39 is 0 Å². The van der Waals surface area contributed by atoms with Gasteiger partial charge in [0.25, 0.3) is 0 Å². The second-order valence-electron chi connectivity index (χ2n) is 8.64. The third kappa shape index (κ3) is 5.46. The molecule has 0 spiro atoms. The van der Waals surface area contributed by atoms with E-state index in [1.54, 1.807) is 0 Å². The molecule has 0 radical (unpaired) electrons. The summed E-state index contributed by atoms with van der Waals surface area (Å²) in [7, 11) is 0. The van der Waals surface area contributed by atoms with Gasteiger partial charge >= 0.3 is 0 Å². The van der Waals surface area contributed by atoms with Crippen molar-refractivity contribution in [3.05, 3.63) is 53.6 Å². The van der Waals surface area contributed by atoms with Gasteiger partial charge in [-0.25, -0.2) is 4.98 Å². The van der Waals surface area contributed by atoms with E-state index in [1.165, 1.54) is 0 Å². The molecule has 0 saturated carbocycles. The fourth-order valence-electron chi connectivity index (χ4n) is 4.20. The van der Waals surface area contributed by atoms with Crippen LogP contribution in [0.5, 0.6) is 11.5 Å². The molecule has 9 nitrogen and oxygen atoms in total. The first-order valence-electron chi connectivity index (χ1n) is 11.7. The number of nitrogens with zero attached hydrogens (tertiary/aromatic N) is 2. The maximum atomic E-state index is 12.4. The van der Waals surface area contributed by atoms with Gasteiger partial charge in [-0.2, -0.15) is 0 Å². The minimum atomic E-state index is -0.210. The van der Waals surface area contributed by atoms with Crippen molar-refractivity contribution in [2.24, 2.45) is 0 Å². The van der Waals surface area contributed by atoms with E-state index in [4.69, 9.17) is 19.2 Å². The number of aromatic nitrogens is 1. The summed E-state index contributed by atoms with van der Waals surface area (Å²) in [5.74, 6) is 1.93. The second-order valence-corrected chi connectivity index (χ2v) is 8.64. The number of carbonyl (C=O) groups excluding carboxylic acids is 2. The number of pyridine rings is 1. The molecule has 1 saturated heterocycles. The van der Waals surface area contributed by atoms with E-state index in [0.29, 0.717) is 36.9 Å². The molecular weight excluding hydrogens is 448 g/mol. The Hall–Kier alpha value is -3.85. The molecule has 9 heteroatoms. The lowest BCUT2D eigenvalue weighted by molar-refractivity contribution is -0.124. The molecule has 3 heterocycles. The van der Waals surface area contributed by atoms with Crippen LogP contribution >= 0.6 is 0 Å². The second kappa shape index (κ2) is 10.2. The van der Waals surface area contributed by atoms with E-state index in [0.717, 1.165) is 40.9 Å². The molecule has 1 fully saturated rings. The number of anilines is 2. The van der Waals surface area contributed by atoms with Gasteiger partial charge in [0.05, 0.1) is 18.7 Å². The van der Waals surface area contributed by atoms with Crippen LogP contribution in [0.1, 0.15) is 24.0 Å². The number of rotatable bonds is 7. The van der Waals surface area contributed by atoms with Crippen LogP contribution in [-0.2, 0) is 20.9 Å². The predicted molar refractivity (Wildman–Crippen MR) is 132 cm³/mol. The number of morpholine rings is 1. The predicted octanol–water partition coefficient (Wildman–Crippen LogP) is 3.14. The number of ether oxygens (including phenoxy) is 3. The average molecular weight is 477 g/mol. The number of fused-ring (bicyclic) bond motifs is 2. The van der Waals surface area contributed by atoms with Crippen LogP contribution in [0, 0.1) is 6.92 Å². The van der Waals surface area contributed by atoms with E-state index in [-0.39, 0.29) is 31.4 Å². The highest BCUT2D eigenvalue weighted by Crippen LogP contribution is 2.32. The molecule has 0 bridgehead atoms. The Bertz CT molecular complexity index is 1260. The van der Waals surface area contributed by atoms with Gasteiger partial charge in [0, 0.05) is 43.5 Å². The molecule has 2 N–H and O–H groups in total. The third-order valence-corrected chi connectivity index (χ3v) is 6.13. The standard InChI is InChI=1S/C26H28N4O5/c1-17-12-24(30-8-10-33-11-9-30)29-21-4-3-19(14-20(17)21)28-26(32)7-6-25(31)27-15-18-2-5-22-23(13-18)35-16-34-22/h2-5,12-14H,6-11,15-16H2,1H3,(H,27,31)(H,28,32). The van der Waals surface area contributed by atoms with E-state index in [2.05, 4.69) is 21.6 Å². The molecule has 2 aliphatic rings. The van der Waals surface area contributed by atoms with E-state index in [9.17, 15) is 9.59 Å². The molecule has 0 unspecified atom stereocenters. The van der Waals surface area contributed by atoms with E-state index in [1.807, 2.05) is 43.3 Å². The maximum Gasteiger partial charge on any atom is 0.231 e. The molecule has 0 aliphatic carbocycles. The summed E-state index contributed by atoms with van der Waals surface area (Å²) in [5, 5.41) is 6.72. The van der Waals surface area contributed by atoms with Crippen LogP contribution in [0.3, 0.4) is 0 Å². The first-order chi connectivity index (χ1) is 17.0. The van der Waals surface area contributed by atoms with Crippen LogP contribution in [-0.4, -0.2) is 49.9 Å². The average Bonchev–Trinajstić information content (AvgIpc) is 3.35. The van der Waals surface area contributed by atoms with Crippen molar-refractivity contribution in [2.45, 2.75) is 26.3 Å². The summed E-state index contributed by atoms with van der Waals surface area (Å²) >= 11 is 0. The molecule has 3 aromatic rings. The topological polar surface area (TPSA) is 102 Å². The van der Waals surface area contributed by atoms with Crippen LogP contribution in [0.25, 0.3) is 10.9 Å². The van der Waals surface area contributed by atoms with Gasteiger partial charge in [-0.05, 0) is 54.4 Å². The van der Waals surface area contributed by atoms with Crippen molar-refractivity contribution < 1.29 is 23.8 Å². The summed E-state index contributed by atoms with van der Waals surface area (Å²) in [4.78, 5) is 31.7. The SMILES string of the molecule is Cc1cc(N2CCOCC2)nc2ccc(NC(=O)CCC(=O)NCc3ccc4c(c3)OCO4)cc12. The van der Waals surface area contributed by atoms with Gasteiger partial charge in [0.1, 0.15) is 5.82 Å². The van der Waals surface area contributed by atoms with Gasteiger partial charge in [0.2, 0.25) is 18.6 Å². The first-order valence-corrected chi connectivity index (χ1v) is 11.7. The summed E-state index contributed by atoms with van der Waals surface area (Å²) in [5.41, 5.74) is 3.57. The molecule has 35 heavy (non-hydrogen) atoms. The number of hydrogen-bond acceptors (Lipinski definition) is 7. The Morgan fingerprint density at radius 1 is 0.971 bits per heavy atom. The molecule has 2 amide bonds. The summed E-state index contributed by atoms with van der Waals surface area (Å²) < 4.78 is 16.1. The Kier molecular flexibility index (Phi) is 6.67. The van der Waals surface area contributed by atoms with E-state index >= 15 is 0 Å². The van der Waals surface area contributed by atoms with Crippen molar-refractivity contribution in [1.82, 2.24) is 10.3 Å². The number of carbonyl (C=O) groups is 2. The minimum absolute atomic E-state index is 0.0954. The van der Waals surface area contributed by atoms with Crippen LogP contribution in [0.15, 0.2) is 42.5 Å². The Labute approximate surface area is 203 Å². The Morgan fingerprint density at radius 2 is 1.77 bits per heavy atom. The minimum Gasteiger partial charge on any atom is -0.454 e. The lowest BCUT2D eigenvalue weighted by Crippen LogP contribution is -2.36.